The third-order valence-electron chi connectivity index (χ3n) is 3.04. The number of nitro groups is 1. The van der Waals surface area contributed by atoms with Crippen LogP contribution in [0.4, 0.5) is 0 Å². The van der Waals surface area contributed by atoms with Crippen molar-refractivity contribution < 1.29 is 9.72 Å². The van der Waals surface area contributed by atoms with Gasteiger partial charge in [-0.1, -0.05) is 13.8 Å². The lowest BCUT2D eigenvalue weighted by Gasteiger charge is -2.34. The van der Waals surface area contributed by atoms with Crippen LogP contribution < -0.4 is 0 Å². The van der Waals surface area contributed by atoms with Crippen molar-refractivity contribution in [2.45, 2.75) is 46.0 Å². The number of carbonyl (C=O) groups excluding carboxylic acids is 1. The average molecular weight is 213 g/mol. The van der Waals surface area contributed by atoms with Crippen LogP contribution in [0.2, 0.25) is 0 Å². The molecule has 86 valence electrons. The summed E-state index contributed by atoms with van der Waals surface area (Å²) in [6, 6.07) is 0. The summed E-state index contributed by atoms with van der Waals surface area (Å²) in [6.07, 6.45) is 3.46. The predicted molar refractivity (Wildman–Crippen MR) is 57.2 cm³/mol. The summed E-state index contributed by atoms with van der Waals surface area (Å²) in [6.45, 7) is 4.07. The summed E-state index contributed by atoms with van der Waals surface area (Å²) in [5, 5.41) is 10.7. The maximum absolute atomic E-state index is 11.4. The van der Waals surface area contributed by atoms with E-state index in [0.717, 1.165) is 19.3 Å². The molecule has 0 unspecified atom stereocenters. The van der Waals surface area contributed by atoms with Crippen molar-refractivity contribution in [3.05, 3.63) is 10.1 Å². The van der Waals surface area contributed by atoms with Gasteiger partial charge in [0.25, 0.3) is 0 Å². The van der Waals surface area contributed by atoms with Crippen LogP contribution in [0.15, 0.2) is 0 Å². The fourth-order valence-electron chi connectivity index (χ4n) is 2.77. The molecule has 0 amide bonds. The number of Topliss-reactive ketones (excluding diaryl/α,β-unsaturated/α-hetero) is 1. The van der Waals surface area contributed by atoms with E-state index in [1.165, 1.54) is 0 Å². The van der Waals surface area contributed by atoms with E-state index in [1.807, 2.05) is 0 Å². The molecule has 0 aromatic carbocycles. The number of hydrogen-bond donors (Lipinski definition) is 0. The Kier molecular flexibility index (Phi) is 3.83. The minimum atomic E-state index is -0.354. The van der Waals surface area contributed by atoms with Gasteiger partial charge in [-0.3, -0.25) is 14.9 Å². The van der Waals surface area contributed by atoms with Gasteiger partial charge >= 0.3 is 0 Å². The lowest BCUT2D eigenvalue weighted by molar-refractivity contribution is -0.498. The van der Waals surface area contributed by atoms with Crippen molar-refractivity contribution in [1.29, 1.82) is 0 Å². The minimum Gasteiger partial charge on any atom is -0.300 e. The zero-order valence-electron chi connectivity index (χ0n) is 9.49. The van der Waals surface area contributed by atoms with Gasteiger partial charge in [-0.15, -0.1) is 0 Å². The third-order valence-corrected chi connectivity index (χ3v) is 3.04. The van der Waals surface area contributed by atoms with Gasteiger partial charge in [-0.05, 0) is 25.2 Å². The topological polar surface area (TPSA) is 60.2 Å². The summed E-state index contributed by atoms with van der Waals surface area (Å²) >= 11 is 0. The standard InChI is InChI=1S/C11H19NO3/c1-9(2)6-11(8-12(14)15)5-3-4-10(13)7-11/h9H,3-8H2,1-2H3/t11-/m0/s1. The molecular weight excluding hydrogens is 194 g/mol. The number of nitrogens with zero attached hydrogens (tertiary/aromatic N) is 1. The number of hydrogen-bond acceptors (Lipinski definition) is 3. The van der Waals surface area contributed by atoms with Gasteiger partial charge in [0.1, 0.15) is 5.78 Å². The molecule has 4 heteroatoms. The molecule has 1 fully saturated rings. The Balaban J connectivity index is 2.74. The van der Waals surface area contributed by atoms with Crippen molar-refractivity contribution in [3.63, 3.8) is 0 Å². The summed E-state index contributed by atoms with van der Waals surface area (Å²) in [5.74, 6) is 0.611. The van der Waals surface area contributed by atoms with Crippen LogP contribution >= 0.6 is 0 Å². The molecule has 1 aliphatic carbocycles. The first-order chi connectivity index (χ1) is 6.93. The second kappa shape index (κ2) is 4.73. The molecule has 1 atom stereocenters. The van der Waals surface area contributed by atoms with Gasteiger partial charge in [0.2, 0.25) is 6.54 Å². The predicted octanol–water partition coefficient (Wildman–Crippen LogP) is 2.44. The molecule has 0 aromatic heterocycles. The Bertz CT molecular complexity index is 259. The summed E-state index contributed by atoms with van der Waals surface area (Å²) < 4.78 is 0. The van der Waals surface area contributed by atoms with Crippen LogP contribution in [0, 0.1) is 21.4 Å². The van der Waals surface area contributed by atoms with E-state index in [0.29, 0.717) is 18.8 Å². The van der Waals surface area contributed by atoms with E-state index < -0.39 is 0 Å². The molecule has 0 saturated heterocycles. The normalized spacial score (nSPS) is 27.0. The Labute approximate surface area is 90.2 Å². The first-order valence-electron chi connectivity index (χ1n) is 5.57. The summed E-state index contributed by atoms with van der Waals surface area (Å²) in [4.78, 5) is 21.8. The van der Waals surface area contributed by atoms with Gasteiger partial charge in [0.15, 0.2) is 0 Å². The molecule has 0 aromatic rings. The Hall–Kier alpha value is -0.930. The van der Waals surface area contributed by atoms with E-state index in [-0.39, 0.29) is 22.7 Å². The van der Waals surface area contributed by atoms with Gasteiger partial charge in [-0.25, -0.2) is 0 Å². The van der Waals surface area contributed by atoms with Crippen molar-refractivity contribution in [2.75, 3.05) is 6.54 Å². The van der Waals surface area contributed by atoms with E-state index in [9.17, 15) is 14.9 Å². The first-order valence-corrected chi connectivity index (χ1v) is 5.57. The highest BCUT2D eigenvalue weighted by molar-refractivity contribution is 5.79. The molecular formula is C11H19NO3. The lowest BCUT2D eigenvalue weighted by Crippen LogP contribution is -2.36. The second-order valence-electron chi connectivity index (χ2n) is 5.16. The van der Waals surface area contributed by atoms with E-state index >= 15 is 0 Å². The van der Waals surface area contributed by atoms with Crippen LogP contribution in [-0.2, 0) is 4.79 Å². The molecule has 0 spiro atoms. The van der Waals surface area contributed by atoms with Crippen LogP contribution in [0.3, 0.4) is 0 Å². The van der Waals surface area contributed by atoms with Crippen molar-refractivity contribution >= 4 is 5.78 Å². The molecule has 0 heterocycles. The smallest absolute Gasteiger partial charge is 0.209 e. The zero-order chi connectivity index (χ0) is 11.5. The van der Waals surface area contributed by atoms with Crippen LogP contribution in [-0.4, -0.2) is 17.3 Å². The quantitative estimate of drug-likeness (QED) is 0.532. The number of ketones is 1. The van der Waals surface area contributed by atoms with Crippen molar-refractivity contribution in [1.82, 2.24) is 0 Å². The molecule has 4 nitrogen and oxygen atoms in total. The van der Waals surface area contributed by atoms with E-state index in [4.69, 9.17) is 0 Å². The molecule has 1 saturated carbocycles. The monoisotopic (exact) mass is 213 g/mol. The zero-order valence-corrected chi connectivity index (χ0v) is 9.49. The van der Waals surface area contributed by atoms with Crippen molar-refractivity contribution in [2.24, 2.45) is 11.3 Å². The fraction of sp³-hybridized carbons (Fsp3) is 0.909. The summed E-state index contributed by atoms with van der Waals surface area (Å²) in [5.41, 5.74) is -0.354. The van der Waals surface area contributed by atoms with Crippen LogP contribution in [0.1, 0.15) is 46.0 Å². The van der Waals surface area contributed by atoms with Gasteiger partial charge in [0, 0.05) is 23.2 Å². The minimum absolute atomic E-state index is 0.0447. The second-order valence-corrected chi connectivity index (χ2v) is 5.16. The third kappa shape index (κ3) is 3.61. The van der Waals surface area contributed by atoms with E-state index in [1.54, 1.807) is 0 Å². The molecule has 0 N–H and O–H groups in total. The van der Waals surface area contributed by atoms with Crippen LogP contribution in [0.25, 0.3) is 0 Å². The highest BCUT2D eigenvalue weighted by Crippen LogP contribution is 2.40. The number of rotatable bonds is 4. The number of carbonyl (C=O) groups is 1. The van der Waals surface area contributed by atoms with Gasteiger partial charge in [0.05, 0.1) is 0 Å². The summed E-state index contributed by atoms with van der Waals surface area (Å²) in [7, 11) is 0. The van der Waals surface area contributed by atoms with Gasteiger partial charge in [-0.2, -0.15) is 0 Å². The van der Waals surface area contributed by atoms with Gasteiger partial charge < -0.3 is 0 Å². The van der Waals surface area contributed by atoms with Crippen molar-refractivity contribution in [3.8, 4) is 0 Å². The first kappa shape index (κ1) is 12.1. The maximum atomic E-state index is 11.4. The maximum Gasteiger partial charge on any atom is 0.209 e. The highest BCUT2D eigenvalue weighted by Gasteiger charge is 2.40. The lowest BCUT2D eigenvalue weighted by atomic mass is 9.69. The Morgan fingerprint density at radius 2 is 2.20 bits per heavy atom. The fourth-order valence-corrected chi connectivity index (χ4v) is 2.77. The highest BCUT2D eigenvalue weighted by atomic mass is 16.6. The average Bonchev–Trinajstić information content (AvgIpc) is 1.99. The molecule has 0 radical (unpaired) electrons. The molecule has 15 heavy (non-hydrogen) atoms. The largest absolute Gasteiger partial charge is 0.300 e. The molecule has 0 bridgehead atoms. The Morgan fingerprint density at radius 1 is 1.53 bits per heavy atom. The molecule has 1 rings (SSSR count). The SMILES string of the molecule is CC(C)C[C@@]1(C[N+](=O)[O-])CCCC(=O)C1. The van der Waals surface area contributed by atoms with Crippen LogP contribution in [0.5, 0.6) is 0 Å². The molecule has 1 aliphatic rings. The Morgan fingerprint density at radius 3 is 2.67 bits per heavy atom. The van der Waals surface area contributed by atoms with E-state index in [2.05, 4.69) is 13.8 Å². The molecule has 0 aliphatic heterocycles.